The predicted octanol–water partition coefficient (Wildman–Crippen LogP) is 5.40. The van der Waals surface area contributed by atoms with Crippen molar-refractivity contribution in [3.8, 4) is 11.6 Å². The van der Waals surface area contributed by atoms with E-state index in [1.54, 1.807) is 12.1 Å². The minimum atomic E-state index is -1.59. The van der Waals surface area contributed by atoms with Gasteiger partial charge in [0.1, 0.15) is 11.6 Å². The summed E-state index contributed by atoms with van der Waals surface area (Å²) in [6.45, 7) is 4.63. The lowest BCUT2D eigenvalue weighted by Crippen LogP contribution is -2.44. The monoisotopic (exact) mass is 383 g/mol. The Morgan fingerprint density at radius 3 is 2.38 bits per heavy atom. The molecule has 0 fully saturated rings. The molecule has 0 amide bonds. The van der Waals surface area contributed by atoms with Crippen molar-refractivity contribution in [3.63, 3.8) is 0 Å². The summed E-state index contributed by atoms with van der Waals surface area (Å²) in [5.74, 6) is 2.06. The summed E-state index contributed by atoms with van der Waals surface area (Å²) in [7, 11) is -1.59. The van der Waals surface area contributed by atoms with Crippen LogP contribution < -0.4 is 9.92 Å². The molecule has 0 saturated carbocycles. The molecule has 1 heterocycles. The second-order valence-corrected chi connectivity index (χ2v) is 13.0. The molecular weight excluding hydrogens is 361 g/mol. The molecule has 0 bridgehead atoms. The van der Waals surface area contributed by atoms with Crippen molar-refractivity contribution in [1.82, 2.24) is 4.98 Å². The van der Waals surface area contributed by atoms with Gasteiger partial charge in [-0.1, -0.05) is 54.7 Å². The van der Waals surface area contributed by atoms with Crippen LogP contribution >= 0.6 is 11.8 Å². The number of thioether (sulfide) groups is 1. The zero-order valence-corrected chi connectivity index (χ0v) is 16.8. The van der Waals surface area contributed by atoms with E-state index < -0.39 is 8.07 Å². The number of hydrogen-bond acceptors (Lipinski definition) is 3. The molecule has 0 radical (unpaired) electrons. The van der Waals surface area contributed by atoms with Gasteiger partial charge in [-0.25, -0.2) is 9.37 Å². The van der Waals surface area contributed by atoms with Crippen LogP contribution in [0.4, 0.5) is 4.39 Å². The third kappa shape index (κ3) is 5.19. The maximum atomic E-state index is 13.1. The van der Waals surface area contributed by atoms with Gasteiger partial charge >= 0.3 is 0 Å². The number of hydrogen-bond donors (Lipinski definition) is 0. The van der Waals surface area contributed by atoms with Crippen LogP contribution in [-0.2, 0) is 5.75 Å². The van der Waals surface area contributed by atoms with E-state index in [4.69, 9.17) is 4.74 Å². The average Bonchev–Trinajstić information content (AvgIpc) is 2.63. The molecule has 26 heavy (non-hydrogen) atoms. The van der Waals surface area contributed by atoms with Crippen molar-refractivity contribution in [2.45, 2.75) is 18.8 Å². The highest BCUT2D eigenvalue weighted by Gasteiger charge is 2.23. The largest absolute Gasteiger partial charge is 0.439 e. The van der Waals surface area contributed by atoms with Crippen molar-refractivity contribution in [1.29, 1.82) is 0 Å². The normalized spacial score (nSPS) is 11.3. The Hall–Kier alpha value is -2.11. The first-order valence-corrected chi connectivity index (χ1v) is 12.9. The molecule has 0 spiro atoms. The lowest BCUT2D eigenvalue weighted by atomic mass is 10.3. The first-order chi connectivity index (χ1) is 12.5. The van der Waals surface area contributed by atoms with E-state index >= 15 is 0 Å². The molecule has 2 aromatic carbocycles. The highest BCUT2D eigenvalue weighted by molar-refractivity contribution is 8.00. The van der Waals surface area contributed by atoms with Gasteiger partial charge in [0.15, 0.2) is 0 Å². The minimum absolute atomic E-state index is 0.175. The van der Waals surface area contributed by atoms with Crippen LogP contribution in [0.5, 0.6) is 11.6 Å². The summed E-state index contributed by atoms with van der Waals surface area (Å²) >= 11 is 1.88. The zero-order valence-electron chi connectivity index (χ0n) is 15.0. The van der Waals surface area contributed by atoms with E-state index in [1.807, 2.05) is 72.4 Å². The summed E-state index contributed by atoms with van der Waals surface area (Å²) in [5.41, 5.74) is 1.01. The molecule has 0 unspecified atom stereocenters. The molecule has 0 aliphatic carbocycles. The van der Waals surface area contributed by atoms with Gasteiger partial charge in [0, 0.05) is 11.8 Å². The van der Waals surface area contributed by atoms with E-state index in [0.29, 0.717) is 5.88 Å². The topological polar surface area (TPSA) is 22.1 Å². The van der Waals surface area contributed by atoms with Gasteiger partial charge in [0.25, 0.3) is 0 Å². The molecule has 0 N–H and O–H groups in total. The second-order valence-electron chi connectivity index (χ2n) is 6.77. The molecule has 0 aliphatic heterocycles. The molecule has 0 aliphatic rings. The molecule has 2 nitrogen and oxygen atoms in total. The van der Waals surface area contributed by atoms with Crippen LogP contribution in [0.1, 0.15) is 5.69 Å². The third-order valence-corrected chi connectivity index (χ3v) is 10.2. The molecule has 134 valence electrons. The first-order valence-electron chi connectivity index (χ1n) is 8.55. The predicted molar refractivity (Wildman–Crippen MR) is 110 cm³/mol. The van der Waals surface area contributed by atoms with Crippen molar-refractivity contribution in [2.75, 3.05) is 5.38 Å². The summed E-state index contributed by atoms with van der Waals surface area (Å²) in [5, 5.41) is 2.34. The van der Waals surface area contributed by atoms with E-state index in [2.05, 4.69) is 18.1 Å². The molecule has 0 saturated heterocycles. The Morgan fingerprint density at radius 2 is 1.65 bits per heavy atom. The molecule has 1 aromatic heterocycles. The quantitative estimate of drug-likeness (QED) is 0.510. The summed E-state index contributed by atoms with van der Waals surface area (Å²) in [6.07, 6.45) is 0. The van der Waals surface area contributed by atoms with Crippen LogP contribution in [0.3, 0.4) is 0 Å². The Labute approximate surface area is 159 Å². The molecule has 3 rings (SSSR count). The molecule has 3 aromatic rings. The fourth-order valence-corrected chi connectivity index (χ4v) is 7.15. The lowest BCUT2D eigenvalue weighted by Gasteiger charge is -2.22. The van der Waals surface area contributed by atoms with Crippen LogP contribution in [0.15, 0.2) is 72.8 Å². The Balaban J connectivity index is 1.58. The third-order valence-electron chi connectivity index (χ3n) is 4.09. The Kier molecular flexibility index (Phi) is 6.11. The van der Waals surface area contributed by atoms with Crippen molar-refractivity contribution in [2.24, 2.45) is 0 Å². The number of ether oxygens (including phenoxy) is 1. The molecule has 0 atom stereocenters. The number of halogens is 1. The van der Waals surface area contributed by atoms with Crippen LogP contribution in [0.25, 0.3) is 0 Å². The van der Waals surface area contributed by atoms with E-state index in [9.17, 15) is 4.39 Å². The van der Waals surface area contributed by atoms with Crippen molar-refractivity contribution in [3.05, 3.63) is 84.3 Å². The van der Waals surface area contributed by atoms with Gasteiger partial charge in [0.2, 0.25) is 5.88 Å². The molecule has 5 heteroatoms. The summed E-state index contributed by atoms with van der Waals surface area (Å²) in [6, 6.07) is 22.5. The van der Waals surface area contributed by atoms with Crippen LogP contribution in [0.2, 0.25) is 13.1 Å². The van der Waals surface area contributed by atoms with Crippen molar-refractivity contribution >= 4 is 25.0 Å². The smallest absolute Gasteiger partial charge is 0.219 e. The minimum Gasteiger partial charge on any atom is -0.439 e. The number of aromatic nitrogens is 1. The van der Waals surface area contributed by atoms with Gasteiger partial charge in [-0.3, -0.25) is 0 Å². The van der Waals surface area contributed by atoms with Gasteiger partial charge in [-0.2, -0.15) is 11.8 Å². The highest BCUT2D eigenvalue weighted by atomic mass is 32.2. The van der Waals surface area contributed by atoms with E-state index in [-0.39, 0.29) is 5.82 Å². The van der Waals surface area contributed by atoms with Crippen LogP contribution in [0, 0.1) is 5.82 Å². The van der Waals surface area contributed by atoms with Gasteiger partial charge in [0.05, 0.1) is 13.8 Å². The average molecular weight is 384 g/mol. The number of rotatable bonds is 7. The molecular formula is C21H22FNOSSi. The number of para-hydroxylation sites is 1. The van der Waals surface area contributed by atoms with Crippen molar-refractivity contribution < 1.29 is 9.13 Å². The Morgan fingerprint density at radius 1 is 0.923 bits per heavy atom. The second kappa shape index (κ2) is 8.51. The maximum absolute atomic E-state index is 13.1. The van der Waals surface area contributed by atoms with Gasteiger partial charge < -0.3 is 4.74 Å². The number of benzene rings is 2. The lowest BCUT2D eigenvalue weighted by molar-refractivity contribution is 0.461. The summed E-state index contributed by atoms with van der Waals surface area (Å²) in [4.78, 5) is 4.59. The summed E-state index contributed by atoms with van der Waals surface area (Å²) < 4.78 is 18.9. The van der Waals surface area contributed by atoms with Gasteiger partial charge in [-0.05, 0) is 35.7 Å². The maximum Gasteiger partial charge on any atom is 0.219 e. The van der Waals surface area contributed by atoms with E-state index in [1.165, 1.54) is 5.19 Å². The fraction of sp³-hybridized carbons (Fsp3) is 0.190. The van der Waals surface area contributed by atoms with Crippen LogP contribution in [-0.4, -0.2) is 18.4 Å². The van der Waals surface area contributed by atoms with Gasteiger partial charge in [-0.15, -0.1) is 0 Å². The zero-order chi connectivity index (χ0) is 18.4. The fourth-order valence-electron chi connectivity index (χ4n) is 2.60. The van der Waals surface area contributed by atoms with E-state index in [0.717, 1.165) is 22.6 Å². The Bertz CT molecular complexity index is 840. The number of nitrogens with zero attached hydrogens (tertiary/aromatic N) is 1. The standard InChI is InChI=1S/C21H22FNOSSi/c1-26(2,20-13-11-17(22)12-14-20)16-25-15-18-7-6-10-21(23-18)24-19-8-4-3-5-9-19/h3-14H,15-16H2,1-2H3. The highest BCUT2D eigenvalue weighted by Crippen LogP contribution is 2.21. The SMILES string of the molecule is C[Si](C)(CSCc1cccc(Oc2ccccc2)n1)c1ccc(F)cc1. The number of pyridine rings is 1. The first kappa shape index (κ1) is 18.7.